The van der Waals surface area contributed by atoms with Gasteiger partial charge in [0.25, 0.3) is 0 Å². The summed E-state index contributed by atoms with van der Waals surface area (Å²) in [6.07, 6.45) is 0. The Morgan fingerprint density at radius 2 is 0.985 bits per heavy atom. The molecule has 0 radical (unpaired) electrons. The predicted molar refractivity (Wildman–Crippen MR) is 280 cm³/mol. The smallest absolute Gasteiger partial charge is 0.0991 e. The number of aromatic nitrogens is 2. The summed E-state index contributed by atoms with van der Waals surface area (Å²) in [6.45, 7) is 0. The van der Waals surface area contributed by atoms with Gasteiger partial charge in [-0.1, -0.05) is 152 Å². The Hall–Kier alpha value is -9.17. The van der Waals surface area contributed by atoms with E-state index in [0.717, 1.165) is 39.2 Å². The molecule has 2 aliphatic rings. The Bertz CT molecular complexity index is 4340. The van der Waals surface area contributed by atoms with E-state index in [9.17, 15) is 5.26 Å². The van der Waals surface area contributed by atoms with Gasteiger partial charge < -0.3 is 14.0 Å². The van der Waals surface area contributed by atoms with Crippen molar-refractivity contribution < 1.29 is 0 Å². The van der Waals surface area contributed by atoms with Gasteiger partial charge in [-0.25, -0.2) is 0 Å². The van der Waals surface area contributed by atoms with Crippen LogP contribution in [0, 0.1) is 11.3 Å². The van der Waals surface area contributed by atoms with E-state index in [0.29, 0.717) is 5.56 Å². The second kappa shape index (κ2) is 13.7. The van der Waals surface area contributed by atoms with Crippen LogP contribution in [0.2, 0.25) is 0 Å². The van der Waals surface area contributed by atoms with Crippen molar-refractivity contribution in [3.63, 3.8) is 0 Å². The number of nitrogens with zero attached hydrogens (tertiary/aromatic N) is 4. The third-order valence-corrected chi connectivity index (χ3v) is 15.1. The number of nitriles is 1. The maximum Gasteiger partial charge on any atom is 0.0991 e. The lowest BCUT2D eigenvalue weighted by molar-refractivity contribution is 0.749. The molecule has 68 heavy (non-hydrogen) atoms. The molecule has 0 bridgehead atoms. The molecular weight excluding hydrogens is 825 g/mol. The van der Waals surface area contributed by atoms with Crippen LogP contribution in [0.25, 0.3) is 87.7 Å². The van der Waals surface area contributed by atoms with E-state index < -0.39 is 5.41 Å². The van der Waals surface area contributed by atoms with E-state index in [1.54, 1.807) is 0 Å². The highest BCUT2D eigenvalue weighted by molar-refractivity contribution is 6.19. The van der Waals surface area contributed by atoms with Gasteiger partial charge in [0.05, 0.1) is 50.5 Å². The average Bonchev–Trinajstić information content (AvgIpc) is 4.03. The maximum atomic E-state index is 10.1. The first-order valence-electron chi connectivity index (χ1n) is 23.3. The van der Waals surface area contributed by atoms with E-state index in [2.05, 4.69) is 238 Å². The highest BCUT2D eigenvalue weighted by Crippen LogP contribution is 2.64. The second-order valence-corrected chi connectivity index (χ2v) is 18.3. The van der Waals surface area contributed by atoms with Crippen molar-refractivity contribution in [1.82, 2.24) is 9.13 Å². The van der Waals surface area contributed by atoms with Crippen molar-refractivity contribution in [2.75, 3.05) is 4.90 Å². The van der Waals surface area contributed by atoms with Crippen molar-refractivity contribution >= 4 is 82.2 Å². The summed E-state index contributed by atoms with van der Waals surface area (Å²) < 4.78 is 4.89. The lowest BCUT2D eigenvalue weighted by atomic mass is 9.65. The molecule has 1 aliphatic heterocycles. The van der Waals surface area contributed by atoms with Crippen molar-refractivity contribution in [3.8, 4) is 28.6 Å². The topological polar surface area (TPSA) is 36.9 Å². The summed E-state index contributed by atoms with van der Waals surface area (Å²) in [6, 6.07) is 86.9. The number of fused-ring (bicyclic) bond motifs is 19. The fourth-order valence-corrected chi connectivity index (χ4v) is 12.5. The molecule has 0 fully saturated rings. The summed E-state index contributed by atoms with van der Waals surface area (Å²) >= 11 is 0. The summed E-state index contributed by atoms with van der Waals surface area (Å²) in [5.74, 6) is 0. The molecule has 1 spiro atoms. The average molecular weight is 863 g/mol. The zero-order valence-electron chi connectivity index (χ0n) is 36.7. The van der Waals surface area contributed by atoms with E-state index in [1.807, 2.05) is 12.1 Å². The van der Waals surface area contributed by atoms with Gasteiger partial charge in [0.2, 0.25) is 0 Å². The van der Waals surface area contributed by atoms with Crippen LogP contribution < -0.4 is 4.90 Å². The summed E-state index contributed by atoms with van der Waals surface area (Å²) in [7, 11) is 0. The predicted octanol–water partition coefficient (Wildman–Crippen LogP) is 16.2. The van der Waals surface area contributed by atoms with Crippen LogP contribution in [0.5, 0.6) is 0 Å². The van der Waals surface area contributed by atoms with E-state index >= 15 is 0 Å². The first kappa shape index (κ1) is 37.1. The van der Waals surface area contributed by atoms with Crippen molar-refractivity contribution in [1.29, 1.82) is 5.26 Å². The number of hydrogen-bond acceptors (Lipinski definition) is 2. The molecule has 1 unspecified atom stereocenters. The van der Waals surface area contributed by atoms with Crippen LogP contribution in [-0.4, -0.2) is 9.13 Å². The molecular formula is C64H38N4. The Morgan fingerprint density at radius 1 is 0.382 bits per heavy atom. The lowest BCUT2D eigenvalue weighted by Crippen LogP contribution is -2.33. The molecule has 0 saturated carbocycles. The fraction of sp³-hybridized carbons (Fsp3) is 0.0156. The van der Waals surface area contributed by atoms with Crippen LogP contribution in [0.4, 0.5) is 17.1 Å². The summed E-state index contributed by atoms with van der Waals surface area (Å²) in [5, 5.41) is 19.7. The molecule has 4 heteroatoms. The third-order valence-electron chi connectivity index (χ3n) is 15.1. The molecule has 1 atom stereocenters. The Balaban J connectivity index is 1.10. The molecule has 4 nitrogen and oxygen atoms in total. The molecule has 2 aromatic heterocycles. The van der Waals surface area contributed by atoms with Gasteiger partial charge in [-0.2, -0.15) is 5.26 Å². The lowest BCUT2D eigenvalue weighted by Gasteiger charge is -2.40. The van der Waals surface area contributed by atoms with Gasteiger partial charge >= 0.3 is 0 Å². The van der Waals surface area contributed by atoms with Crippen LogP contribution in [-0.2, 0) is 5.41 Å². The maximum absolute atomic E-state index is 10.1. The normalized spacial score (nSPS) is 14.5. The van der Waals surface area contributed by atoms with E-state index in [-0.39, 0.29) is 0 Å². The summed E-state index contributed by atoms with van der Waals surface area (Å²) in [4.78, 5) is 2.43. The SMILES string of the molecule is N#Cc1ccc(N(c2ccc3c(c2)c2ccccc2n3-c2ccccc2)c2cc3c(c4ccccc24)-c2c(ccc4ccccc24)C32c3ccccc3-n3c4ccccc4c4cccc2c43)cc1. The number of hydrogen-bond donors (Lipinski definition) is 0. The largest absolute Gasteiger partial charge is 0.310 e. The Morgan fingerprint density at radius 3 is 1.79 bits per heavy atom. The second-order valence-electron chi connectivity index (χ2n) is 18.3. The molecule has 15 rings (SSSR count). The third kappa shape index (κ3) is 4.71. The minimum atomic E-state index is -0.683. The van der Waals surface area contributed by atoms with Crippen LogP contribution in [0.3, 0.4) is 0 Å². The number of anilines is 3. The minimum absolute atomic E-state index is 0.623. The van der Waals surface area contributed by atoms with E-state index in [4.69, 9.17) is 0 Å². The minimum Gasteiger partial charge on any atom is -0.310 e. The van der Waals surface area contributed by atoms with Gasteiger partial charge in [-0.3, -0.25) is 0 Å². The quantitative estimate of drug-likeness (QED) is 0.177. The van der Waals surface area contributed by atoms with Gasteiger partial charge in [0.15, 0.2) is 0 Å². The van der Waals surface area contributed by atoms with Crippen LogP contribution >= 0.6 is 0 Å². The first-order valence-corrected chi connectivity index (χ1v) is 23.3. The van der Waals surface area contributed by atoms with Gasteiger partial charge in [-0.15, -0.1) is 0 Å². The number of rotatable bonds is 4. The number of para-hydroxylation sites is 5. The first-order chi connectivity index (χ1) is 33.7. The van der Waals surface area contributed by atoms with Crippen LogP contribution in [0.1, 0.15) is 27.8 Å². The molecule has 314 valence electrons. The van der Waals surface area contributed by atoms with Crippen LogP contribution in [0.15, 0.2) is 231 Å². The van der Waals surface area contributed by atoms with E-state index in [1.165, 1.54) is 87.8 Å². The molecule has 3 heterocycles. The highest BCUT2D eigenvalue weighted by Gasteiger charge is 2.52. The van der Waals surface area contributed by atoms with Crippen molar-refractivity contribution in [2.45, 2.75) is 5.41 Å². The molecule has 0 amide bonds. The molecule has 11 aromatic carbocycles. The molecule has 0 saturated heterocycles. The fourth-order valence-electron chi connectivity index (χ4n) is 12.5. The molecule has 1 aliphatic carbocycles. The Labute approximate surface area is 392 Å². The highest BCUT2D eigenvalue weighted by atomic mass is 15.1. The monoisotopic (exact) mass is 862 g/mol. The van der Waals surface area contributed by atoms with Crippen molar-refractivity contribution in [2.24, 2.45) is 0 Å². The molecule has 13 aromatic rings. The zero-order chi connectivity index (χ0) is 44.7. The van der Waals surface area contributed by atoms with Gasteiger partial charge in [0, 0.05) is 44.0 Å². The Kier molecular flexibility index (Phi) is 7.46. The number of benzene rings is 11. The van der Waals surface area contributed by atoms with Gasteiger partial charge in [0.1, 0.15) is 0 Å². The molecule has 0 N–H and O–H groups in total. The zero-order valence-corrected chi connectivity index (χ0v) is 36.7. The van der Waals surface area contributed by atoms with Gasteiger partial charge in [-0.05, 0) is 128 Å². The van der Waals surface area contributed by atoms with Crippen molar-refractivity contribution in [3.05, 3.63) is 258 Å². The summed E-state index contributed by atoms with van der Waals surface area (Å²) in [5.41, 5.74) is 17.8. The standard InChI is InChI=1S/C64H38N4/c65-39-40-29-32-43(33-30-40)66(44-34-36-58-51(37-44)48-21-9-11-26-56(48)67(58)42-16-2-1-3-17-42)60-38-55-62(49-22-7-6-19-46(49)60)61-45-18-5-4-15-41(45)31-35-53(61)64(55)52-24-10-13-28-59(52)68-57-27-12-8-20-47(57)50-23-14-25-54(64)63(50)68/h1-38H.